The van der Waals surface area contributed by atoms with Gasteiger partial charge < -0.3 is 10.0 Å². The number of carbonyl (C=O) groups is 2. The molecule has 1 aliphatic rings. The first-order chi connectivity index (χ1) is 12.1. The molecular formula is C19H15N3O3. The number of carbonyl (C=O) groups excluding carboxylic acids is 1. The fourth-order valence-corrected chi connectivity index (χ4v) is 3.10. The van der Waals surface area contributed by atoms with Gasteiger partial charge in [0.25, 0.3) is 0 Å². The standard InChI is InChI=1S/C19H15N3O3/c23-17-10-15-16(11-22(17)14-7-2-1-3-8-14)20-21-18(15)12-5-4-6-13(9-12)19(24)25/h1-9H,10-11H2,(H,20,21)(H,24,25). The number of fused-ring (bicyclic) bond motifs is 1. The lowest BCUT2D eigenvalue weighted by Crippen LogP contribution is -2.36. The highest BCUT2D eigenvalue weighted by Gasteiger charge is 2.28. The van der Waals surface area contributed by atoms with Crippen molar-refractivity contribution in [3.63, 3.8) is 0 Å². The molecular weight excluding hydrogens is 318 g/mol. The molecule has 25 heavy (non-hydrogen) atoms. The number of amides is 1. The van der Waals surface area contributed by atoms with Crippen LogP contribution in [0.3, 0.4) is 0 Å². The van der Waals surface area contributed by atoms with Crippen molar-refractivity contribution < 1.29 is 14.7 Å². The fourth-order valence-electron chi connectivity index (χ4n) is 3.10. The van der Waals surface area contributed by atoms with Gasteiger partial charge in [0.05, 0.1) is 29.9 Å². The molecule has 0 fully saturated rings. The van der Waals surface area contributed by atoms with Gasteiger partial charge in [-0.2, -0.15) is 5.10 Å². The highest BCUT2D eigenvalue weighted by Crippen LogP contribution is 2.31. The number of aromatic nitrogens is 2. The van der Waals surface area contributed by atoms with Crippen LogP contribution in [0.5, 0.6) is 0 Å². The van der Waals surface area contributed by atoms with E-state index in [1.165, 1.54) is 6.07 Å². The van der Waals surface area contributed by atoms with E-state index in [4.69, 9.17) is 5.11 Å². The number of H-pyrrole nitrogens is 1. The Morgan fingerprint density at radius 3 is 2.68 bits per heavy atom. The van der Waals surface area contributed by atoms with E-state index in [0.717, 1.165) is 16.9 Å². The summed E-state index contributed by atoms with van der Waals surface area (Å²) >= 11 is 0. The van der Waals surface area contributed by atoms with Crippen LogP contribution < -0.4 is 4.90 Å². The Labute approximate surface area is 143 Å². The van der Waals surface area contributed by atoms with Crippen molar-refractivity contribution >= 4 is 17.6 Å². The Morgan fingerprint density at radius 1 is 1.12 bits per heavy atom. The van der Waals surface area contributed by atoms with Crippen LogP contribution in [0, 0.1) is 0 Å². The van der Waals surface area contributed by atoms with E-state index in [-0.39, 0.29) is 17.9 Å². The van der Waals surface area contributed by atoms with E-state index in [1.54, 1.807) is 23.1 Å². The van der Waals surface area contributed by atoms with Gasteiger partial charge in [-0.1, -0.05) is 30.3 Å². The molecule has 0 aliphatic carbocycles. The van der Waals surface area contributed by atoms with Crippen LogP contribution in [0.2, 0.25) is 0 Å². The molecule has 2 aromatic carbocycles. The highest BCUT2D eigenvalue weighted by atomic mass is 16.4. The van der Waals surface area contributed by atoms with Gasteiger partial charge in [-0.25, -0.2) is 4.79 Å². The molecule has 0 saturated heterocycles. The number of hydrogen-bond acceptors (Lipinski definition) is 3. The molecule has 2 heterocycles. The number of carboxylic acids is 1. The number of para-hydroxylation sites is 1. The zero-order valence-electron chi connectivity index (χ0n) is 13.3. The minimum atomic E-state index is -0.988. The van der Waals surface area contributed by atoms with Crippen LogP contribution in [0.25, 0.3) is 11.3 Å². The van der Waals surface area contributed by atoms with Crippen LogP contribution >= 0.6 is 0 Å². The van der Waals surface area contributed by atoms with Gasteiger partial charge in [0.15, 0.2) is 0 Å². The molecule has 1 amide bonds. The van der Waals surface area contributed by atoms with Crippen molar-refractivity contribution in [2.45, 2.75) is 13.0 Å². The van der Waals surface area contributed by atoms with Crippen LogP contribution in [0.4, 0.5) is 5.69 Å². The van der Waals surface area contributed by atoms with Crippen molar-refractivity contribution in [2.24, 2.45) is 0 Å². The van der Waals surface area contributed by atoms with E-state index in [9.17, 15) is 9.59 Å². The van der Waals surface area contributed by atoms with Gasteiger partial charge >= 0.3 is 5.97 Å². The third-order valence-electron chi connectivity index (χ3n) is 4.35. The molecule has 0 spiro atoms. The molecule has 124 valence electrons. The normalized spacial score (nSPS) is 13.6. The van der Waals surface area contributed by atoms with Crippen molar-refractivity contribution in [2.75, 3.05) is 4.90 Å². The lowest BCUT2D eigenvalue weighted by molar-refractivity contribution is -0.118. The monoisotopic (exact) mass is 333 g/mol. The largest absolute Gasteiger partial charge is 0.478 e. The molecule has 3 aromatic rings. The maximum Gasteiger partial charge on any atom is 0.335 e. The molecule has 2 N–H and O–H groups in total. The van der Waals surface area contributed by atoms with Crippen LogP contribution in [0.1, 0.15) is 21.6 Å². The Hall–Kier alpha value is -3.41. The number of rotatable bonds is 3. The topological polar surface area (TPSA) is 86.3 Å². The quantitative estimate of drug-likeness (QED) is 0.772. The first-order valence-corrected chi connectivity index (χ1v) is 7.89. The average molecular weight is 333 g/mol. The summed E-state index contributed by atoms with van der Waals surface area (Å²) in [5.41, 5.74) is 4.08. The summed E-state index contributed by atoms with van der Waals surface area (Å²) in [4.78, 5) is 25.5. The predicted molar refractivity (Wildman–Crippen MR) is 92.3 cm³/mol. The summed E-state index contributed by atoms with van der Waals surface area (Å²) in [7, 11) is 0. The van der Waals surface area contributed by atoms with Gasteiger partial charge in [-0.15, -0.1) is 0 Å². The van der Waals surface area contributed by atoms with Crippen molar-refractivity contribution in [1.29, 1.82) is 0 Å². The second-order valence-electron chi connectivity index (χ2n) is 5.91. The lowest BCUT2D eigenvalue weighted by Gasteiger charge is -2.27. The minimum absolute atomic E-state index is 0.00395. The smallest absolute Gasteiger partial charge is 0.335 e. The van der Waals surface area contributed by atoms with E-state index in [0.29, 0.717) is 17.8 Å². The minimum Gasteiger partial charge on any atom is -0.478 e. The third-order valence-corrected chi connectivity index (χ3v) is 4.35. The number of aromatic carboxylic acids is 1. The van der Waals surface area contributed by atoms with Crippen LogP contribution in [0.15, 0.2) is 54.6 Å². The molecule has 6 heteroatoms. The number of hydrogen-bond donors (Lipinski definition) is 2. The molecule has 1 aliphatic heterocycles. The Balaban J connectivity index is 1.71. The van der Waals surface area contributed by atoms with Crippen LogP contribution in [-0.4, -0.2) is 27.2 Å². The first kappa shape index (κ1) is 15.1. The molecule has 4 rings (SSSR count). The second-order valence-corrected chi connectivity index (χ2v) is 5.91. The van der Waals surface area contributed by atoms with Gasteiger partial charge in [-0.3, -0.25) is 9.89 Å². The summed E-state index contributed by atoms with van der Waals surface area (Å²) in [6.45, 7) is 0.420. The summed E-state index contributed by atoms with van der Waals surface area (Å²) in [5.74, 6) is -0.992. The number of carboxylic acid groups (broad SMARTS) is 1. The molecule has 0 unspecified atom stereocenters. The summed E-state index contributed by atoms with van der Waals surface area (Å²) in [6, 6.07) is 16.1. The molecule has 0 saturated carbocycles. The summed E-state index contributed by atoms with van der Waals surface area (Å²) in [6.07, 6.45) is 0.230. The number of anilines is 1. The Kier molecular flexibility index (Phi) is 3.57. The van der Waals surface area contributed by atoms with Crippen LogP contribution in [-0.2, 0) is 17.8 Å². The zero-order valence-corrected chi connectivity index (χ0v) is 13.3. The first-order valence-electron chi connectivity index (χ1n) is 7.89. The number of nitrogens with zero attached hydrogens (tertiary/aromatic N) is 2. The number of aromatic amines is 1. The SMILES string of the molecule is O=C(O)c1cccc(-c2n[nH]c3c2CC(=O)N(c2ccccc2)C3)c1. The van der Waals surface area contributed by atoms with E-state index in [1.807, 2.05) is 30.3 Å². The number of nitrogens with one attached hydrogen (secondary N) is 1. The molecule has 1 aromatic heterocycles. The molecule has 0 radical (unpaired) electrons. The van der Waals surface area contributed by atoms with Gasteiger partial charge in [0.2, 0.25) is 5.91 Å². The van der Waals surface area contributed by atoms with Crippen molar-refractivity contribution in [3.05, 3.63) is 71.4 Å². The Bertz CT molecular complexity index is 963. The highest BCUT2D eigenvalue weighted by molar-refractivity contribution is 5.97. The summed E-state index contributed by atoms with van der Waals surface area (Å²) < 4.78 is 0. The molecule has 0 bridgehead atoms. The van der Waals surface area contributed by atoms with E-state index in [2.05, 4.69) is 10.2 Å². The second kappa shape index (κ2) is 5.90. The van der Waals surface area contributed by atoms with Gasteiger partial charge in [0.1, 0.15) is 0 Å². The maximum absolute atomic E-state index is 12.6. The number of benzene rings is 2. The van der Waals surface area contributed by atoms with Gasteiger partial charge in [-0.05, 0) is 24.3 Å². The molecule has 0 atom stereocenters. The predicted octanol–water partition coefficient (Wildman–Crippen LogP) is 2.86. The molecule has 6 nitrogen and oxygen atoms in total. The lowest BCUT2D eigenvalue weighted by atomic mass is 9.98. The van der Waals surface area contributed by atoms with Crippen molar-refractivity contribution in [1.82, 2.24) is 10.2 Å². The zero-order chi connectivity index (χ0) is 17.4. The van der Waals surface area contributed by atoms with Gasteiger partial charge in [0, 0.05) is 16.8 Å². The van der Waals surface area contributed by atoms with Crippen molar-refractivity contribution in [3.8, 4) is 11.3 Å². The summed E-state index contributed by atoms with van der Waals surface area (Å²) in [5, 5.41) is 16.5. The van der Waals surface area contributed by atoms with E-state index < -0.39 is 5.97 Å². The third kappa shape index (κ3) is 2.67. The fraction of sp³-hybridized carbons (Fsp3) is 0.105. The Morgan fingerprint density at radius 2 is 1.92 bits per heavy atom. The van der Waals surface area contributed by atoms with E-state index >= 15 is 0 Å². The average Bonchev–Trinajstić information content (AvgIpc) is 3.04. The maximum atomic E-state index is 12.6.